The Morgan fingerprint density at radius 2 is 1.66 bits per heavy atom. The molecular formula is C26H23F5N4. The van der Waals surface area contributed by atoms with Gasteiger partial charge in [-0.1, -0.05) is 12.1 Å². The maximum atomic E-state index is 14.0. The molecule has 1 saturated heterocycles. The summed E-state index contributed by atoms with van der Waals surface area (Å²) in [6.45, 7) is 1.66. The zero-order chi connectivity index (χ0) is 24.6. The number of aliphatic imine (C=N–C) groups is 1. The first kappa shape index (κ1) is 23.3. The van der Waals surface area contributed by atoms with Gasteiger partial charge in [-0.2, -0.15) is 13.2 Å². The Morgan fingerprint density at radius 3 is 2.43 bits per heavy atom. The lowest BCUT2D eigenvalue weighted by Crippen LogP contribution is -2.53. The van der Waals surface area contributed by atoms with E-state index in [1.165, 1.54) is 36.4 Å². The van der Waals surface area contributed by atoms with Crippen molar-refractivity contribution in [3.63, 3.8) is 0 Å². The second-order valence-electron chi connectivity index (χ2n) is 8.74. The highest BCUT2D eigenvalue weighted by Gasteiger charge is 2.33. The fourth-order valence-corrected chi connectivity index (χ4v) is 4.48. The molecule has 9 heteroatoms. The molecule has 3 aromatic carbocycles. The molecule has 182 valence electrons. The number of benzene rings is 3. The summed E-state index contributed by atoms with van der Waals surface area (Å²) in [5, 5.41) is 6.57. The molecule has 5 rings (SSSR count). The summed E-state index contributed by atoms with van der Waals surface area (Å²) in [4.78, 5) is 6.60. The summed E-state index contributed by atoms with van der Waals surface area (Å²) in [5.74, 6) is -0.395. The first-order valence-electron chi connectivity index (χ1n) is 11.4. The lowest BCUT2D eigenvalue weighted by atomic mass is 10.0. The van der Waals surface area contributed by atoms with E-state index in [2.05, 4.69) is 15.6 Å². The van der Waals surface area contributed by atoms with Crippen molar-refractivity contribution in [3.05, 3.63) is 89.0 Å². The van der Waals surface area contributed by atoms with Crippen LogP contribution in [0, 0.1) is 11.6 Å². The quantitative estimate of drug-likeness (QED) is 0.445. The van der Waals surface area contributed by atoms with E-state index in [1.54, 1.807) is 12.1 Å². The first-order valence-corrected chi connectivity index (χ1v) is 11.4. The standard InChI is InChI=1S/C26H23F5N4/c27-18-5-1-16(2-6-18)3-8-20-15-35(12-11-32-20)25-21-13-17(26(29,30)31)4-9-22(21)33-23-10-7-19(28)14-24(23)34-25/h1-2,4-7,9-10,13-14,20,32-33H,3,8,11-12,15H2. The number of halogens is 5. The Kier molecular flexibility index (Phi) is 6.19. The molecule has 2 heterocycles. The van der Waals surface area contributed by atoms with Crippen molar-refractivity contribution in [3.8, 4) is 0 Å². The average Bonchev–Trinajstić information content (AvgIpc) is 2.99. The van der Waals surface area contributed by atoms with Crippen LogP contribution in [0.1, 0.15) is 23.1 Å². The molecule has 2 aliphatic heterocycles. The molecule has 0 aliphatic carbocycles. The van der Waals surface area contributed by atoms with E-state index in [9.17, 15) is 22.0 Å². The lowest BCUT2D eigenvalue weighted by molar-refractivity contribution is -0.137. The number of aryl methyl sites for hydroxylation is 1. The number of nitrogens with zero attached hydrogens (tertiary/aromatic N) is 2. The van der Waals surface area contributed by atoms with Crippen molar-refractivity contribution in [2.75, 3.05) is 25.0 Å². The van der Waals surface area contributed by atoms with Gasteiger partial charge < -0.3 is 15.5 Å². The zero-order valence-electron chi connectivity index (χ0n) is 18.7. The third-order valence-electron chi connectivity index (χ3n) is 6.29. The van der Waals surface area contributed by atoms with E-state index in [-0.39, 0.29) is 11.9 Å². The van der Waals surface area contributed by atoms with Crippen LogP contribution in [-0.4, -0.2) is 36.4 Å². The molecule has 35 heavy (non-hydrogen) atoms. The van der Waals surface area contributed by atoms with Gasteiger partial charge in [0.15, 0.2) is 0 Å². The maximum absolute atomic E-state index is 14.0. The normalized spacial score (nSPS) is 17.7. The van der Waals surface area contributed by atoms with Crippen molar-refractivity contribution in [2.24, 2.45) is 4.99 Å². The number of piperazine rings is 1. The fraction of sp³-hybridized carbons (Fsp3) is 0.269. The number of fused-ring (bicyclic) bond motifs is 2. The third-order valence-corrected chi connectivity index (χ3v) is 6.29. The van der Waals surface area contributed by atoms with Crippen LogP contribution in [0.25, 0.3) is 0 Å². The molecule has 0 aromatic heterocycles. The molecule has 2 N–H and O–H groups in total. The van der Waals surface area contributed by atoms with E-state index in [4.69, 9.17) is 0 Å². The topological polar surface area (TPSA) is 39.7 Å². The molecule has 2 aliphatic rings. The molecular weight excluding hydrogens is 463 g/mol. The monoisotopic (exact) mass is 486 g/mol. The van der Waals surface area contributed by atoms with Crippen molar-refractivity contribution >= 4 is 22.9 Å². The van der Waals surface area contributed by atoms with Gasteiger partial charge in [0, 0.05) is 43.0 Å². The van der Waals surface area contributed by atoms with Crippen molar-refractivity contribution in [1.29, 1.82) is 0 Å². The van der Waals surface area contributed by atoms with Gasteiger partial charge in [-0.3, -0.25) is 0 Å². The average molecular weight is 486 g/mol. The number of anilines is 2. The Balaban J connectivity index is 1.47. The predicted molar refractivity (Wildman–Crippen MR) is 125 cm³/mol. The minimum Gasteiger partial charge on any atom is -0.353 e. The van der Waals surface area contributed by atoms with Crippen LogP contribution in [0.5, 0.6) is 0 Å². The predicted octanol–water partition coefficient (Wildman–Crippen LogP) is 6.03. The summed E-state index contributed by atoms with van der Waals surface area (Å²) in [5.41, 5.74) is 1.87. The smallest absolute Gasteiger partial charge is 0.353 e. The van der Waals surface area contributed by atoms with Crippen molar-refractivity contribution < 1.29 is 22.0 Å². The van der Waals surface area contributed by atoms with Crippen LogP contribution >= 0.6 is 0 Å². The Hall–Kier alpha value is -3.46. The minimum absolute atomic E-state index is 0.0499. The van der Waals surface area contributed by atoms with Gasteiger partial charge in [0.05, 0.1) is 16.9 Å². The van der Waals surface area contributed by atoms with Gasteiger partial charge in [0.1, 0.15) is 17.5 Å². The highest BCUT2D eigenvalue weighted by atomic mass is 19.4. The van der Waals surface area contributed by atoms with Gasteiger partial charge in [0.2, 0.25) is 0 Å². The van der Waals surface area contributed by atoms with E-state index in [0.717, 1.165) is 30.5 Å². The van der Waals surface area contributed by atoms with Gasteiger partial charge >= 0.3 is 6.18 Å². The van der Waals surface area contributed by atoms with Crippen LogP contribution < -0.4 is 10.6 Å². The molecule has 0 bridgehead atoms. The SMILES string of the molecule is Fc1ccc(CCC2CN(C3=Nc4cc(F)ccc4Nc4ccc(C(F)(F)F)cc43)CCN2)cc1. The summed E-state index contributed by atoms with van der Waals surface area (Å²) < 4.78 is 67.8. The van der Waals surface area contributed by atoms with Crippen molar-refractivity contribution in [2.45, 2.75) is 25.1 Å². The van der Waals surface area contributed by atoms with Gasteiger partial charge in [-0.25, -0.2) is 13.8 Å². The molecule has 1 atom stereocenters. The highest BCUT2D eigenvalue weighted by Crippen LogP contribution is 2.38. The molecule has 3 aromatic rings. The Morgan fingerprint density at radius 1 is 0.914 bits per heavy atom. The molecule has 1 fully saturated rings. The molecule has 0 spiro atoms. The fourth-order valence-electron chi connectivity index (χ4n) is 4.48. The number of hydrogen-bond acceptors (Lipinski definition) is 4. The molecule has 0 amide bonds. The van der Waals surface area contributed by atoms with Crippen LogP contribution in [0.3, 0.4) is 0 Å². The van der Waals surface area contributed by atoms with E-state index in [1.807, 2.05) is 4.90 Å². The number of nitrogens with one attached hydrogen (secondary N) is 2. The molecule has 1 unspecified atom stereocenters. The lowest BCUT2D eigenvalue weighted by Gasteiger charge is -2.36. The highest BCUT2D eigenvalue weighted by molar-refractivity contribution is 6.08. The van der Waals surface area contributed by atoms with E-state index >= 15 is 0 Å². The number of rotatable bonds is 3. The maximum Gasteiger partial charge on any atom is 0.416 e. The Labute approximate surface area is 199 Å². The van der Waals surface area contributed by atoms with Crippen LogP contribution in [0.2, 0.25) is 0 Å². The minimum atomic E-state index is -4.51. The van der Waals surface area contributed by atoms with Crippen LogP contribution in [-0.2, 0) is 12.6 Å². The second-order valence-corrected chi connectivity index (χ2v) is 8.74. The number of hydrogen-bond donors (Lipinski definition) is 2. The van der Waals surface area contributed by atoms with E-state index < -0.39 is 17.6 Å². The largest absolute Gasteiger partial charge is 0.416 e. The number of amidine groups is 1. The molecule has 0 saturated carbocycles. The number of alkyl halides is 3. The van der Waals surface area contributed by atoms with Gasteiger partial charge in [-0.15, -0.1) is 0 Å². The van der Waals surface area contributed by atoms with Crippen LogP contribution in [0.15, 0.2) is 65.7 Å². The zero-order valence-corrected chi connectivity index (χ0v) is 18.7. The summed E-state index contributed by atoms with van der Waals surface area (Å²) in [6, 6.07) is 14.0. The summed E-state index contributed by atoms with van der Waals surface area (Å²) in [6.07, 6.45) is -3.02. The van der Waals surface area contributed by atoms with Crippen molar-refractivity contribution in [1.82, 2.24) is 10.2 Å². The molecule has 0 radical (unpaired) electrons. The Bertz CT molecular complexity index is 1250. The van der Waals surface area contributed by atoms with E-state index in [0.29, 0.717) is 48.1 Å². The first-order chi connectivity index (χ1) is 16.8. The van der Waals surface area contributed by atoms with Crippen LogP contribution in [0.4, 0.5) is 39.0 Å². The van der Waals surface area contributed by atoms with Gasteiger partial charge in [0.25, 0.3) is 0 Å². The summed E-state index contributed by atoms with van der Waals surface area (Å²) in [7, 11) is 0. The second kappa shape index (κ2) is 9.30. The van der Waals surface area contributed by atoms with Gasteiger partial charge in [-0.05, 0) is 60.9 Å². The summed E-state index contributed by atoms with van der Waals surface area (Å²) >= 11 is 0. The third kappa shape index (κ3) is 5.14. The molecule has 4 nitrogen and oxygen atoms in total.